The summed E-state index contributed by atoms with van der Waals surface area (Å²) in [6.45, 7) is 12.4. The molecule has 0 spiro atoms. The Morgan fingerprint density at radius 2 is 1.88 bits per heavy atom. The molecule has 1 atom stereocenters. The van der Waals surface area contributed by atoms with Crippen LogP contribution < -0.4 is 0 Å². The molecule has 3 heterocycles. The van der Waals surface area contributed by atoms with E-state index < -0.39 is 0 Å². The van der Waals surface area contributed by atoms with Crippen molar-refractivity contribution >= 4 is 5.91 Å². The molecule has 1 saturated heterocycles. The minimum Gasteiger partial charge on any atom is -0.332 e. The summed E-state index contributed by atoms with van der Waals surface area (Å²) in [5, 5.41) is 0. The SMILES string of the molecule is CC(C)Cc1ncc2c(n1)CN(C(=O)CC[C@H](C)N1CCN(C)CC1)C2. The van der Waals surface area contributed by atoms with Gasteiger partial charge in [-0.3, -0.25) is 9.69 Å². The molecule has 0 radical (unpaired) electrons. The third-order valence-electron chi connectivity index (χ3n) is 5.59. The van der Waals surface area contributed by atoms with Crippen molar-refractivity contribution in [1.29, 1.82) is 0 Å². The molecule has 0 bridgehead atoms. The zero-order chi connectivity index (χ0) is 18.7. The quantitative estimate of drug-likeness (QED) is 0.777. The highest BCUT2D eigenvalue weighted by Crippen LogP contribution is 2.22. The van der Waals surface area contributed by atoms with Gasteiger partial charge < -0.3 is 9.80 Å². The number of hydrogen-bond donors (Lipinski definition) is 0. The zero-order valence-corrected chi connectivity index (χ0v) is 16.7. The molecule has 2 aliphatic heterocycles. The normalized spacial score (nSPS) is 19.8. The molecule has 2 aliphatic rings. The Balaban J connectivity index is 1.48. The van der Waals surface area contributed by atoms with Crippen LogP contribution in [0.3, 0.4) is 0 Å². The maximum atomic E-state index is 12.7. The van der Waals surface area contributed by atoms with Crippen molar-refractivity contribution in [2.75, 3.05) is 33.2 Å². The molecule has 0 unspecified atom stereocenters. The van der Waals surface area contributed by atoms with Crippen LogP contribution in [-0.4, -0.2) is 69.8 Å². The topological polar surface area (TPSA) is 52.6 Å². The Hall–Kier alpha value is -1.53. The third-order valence-corrected chi connectivity index (χ3v) is 5.59. The van der Waals surface area contributed by atoms with Crippen LogP contribution in [0.5, 0.6) is 0 Å². The number of carbonyl (C=O) groups excluding carboxylic acids is 1. The van der Waals surface area contributed by atoms with Crippen molar-refractivity contribution in [2.45, 2.75) is 59.2 Å². The fourth-order valence-corrected chi connectivity index (χ4v) is 3.77. The second-order valence-electron chi connectivity index (χ2n) is 8.33. The smallest absolute Gasteiger partial charge is 0.223 e. The van der Waals surface area contributed by atoms with Gasteiger partial charge in [0.25, 0.3) is 0 Å². The van der Waals surface area contributed by atoms with Crippen LogP contribution in [0.1, 0.15) is 50.7 Å². The van der Waals surface area contributed by atoms with Crippen molar-refractivity contribution in [3.63, 3.8) is 0 Å². The summed E-state index contributed by atoms with van der Waals surface area (Å²) >= 11 is 0. The summed E-state index contributed by atoms with van der Waals surface area (Å²) in [6.07, 6.45) is 4.36. The number of nitrogens with zero attached hydrogens (tertiary/aromatic N) is 5. The van der Waals surface area contributed by atoms with E-state index in [0.717, 1.165) is 56.1 Å². The number of piperazine rings is 1. The molecule has 0 saturated carbocycles. The van der Waals surface area contributed by atoms with E-state index in [2.05, 4.69) is 47.6 Å². The van der Waals surface area contributed by atoms with Gasteiger partial charge in [0.1, 0.15) is 5.82 Å². The Bertz CT molecular complexity index is 625. The molecule has 1 aromatic heterocycles. The highest BCUT2D eigenvalue weighted by Gasteiger charge is 2.26. The Labute approximate surface area is 157 Å². The Kier molecular flexibility index (Phi) is 6.24. The molecule has 1 fully saturated rings. The average Bonchev–Trinajstić information content (AvgIpc) is 3.03. The predicted octanol–water partition coefficient (Wildman–Crippen LogP) is 1.93. The lowest BCUT2D eigenvalue weighted by Gasteiger charge is -2.36. The molecular formula is C20H33N5O. The first kappa shape index (κ1) is 19.2. The number of hydrogen-bond acceptors (Lipinski definition) is 5. The van der Waals surface area contributed by atoms with E-state index in [4.69, 9.17) is 0 Å². The molecular weight excluding hydrogens is 326 g/mol. The standard InChI is InChI=1S/C20H33N5O/c1-15(2)11-19-21-12-17-13-25(14-18(17)22-19)20(26)6-5-16(3)24-9-7-23(4)8-10-24/h12,15-16H,5-11,13-14H2,1-4H3/t16-/m0/s1. The van der Waals surface area contributed by atoms with Crippen molar-refractivity contribution < 1.29 is 4.79 Å². The van der Waals surface area contributed by atoms with E-state index in [-0.39, 0.29) is 5.91 Å². The molecule has 3 rings (SSSR count). The number of rotatable bonds is 6. The van der Waals surface area contributed by atoms with Crippen molar-refractivity contribution in [1.82, 2.24) is 24.7 Å². The first-order chi connectivity index (χ1) is 12.4. The van der Waals surface area contributed by atoms with Gasteiger partial charge in [-0.2, -0.15) is 0 Å². The van der Waals surface area contributed by atoms with Gasteiger partial charge in [0.15, 0.2) is 0 Å². The van der Waals surface area contributed by atoms with Gasteiger partial charge in [0.2, 0.25) is 5.91 Å². The summed E-state index contributed by atoms with van der Waals surface area (Å²) in [6, 6.07) is 0.468. The number of likely N-dealkylation sites (N-methyl/N-ethyl adjacent to an activating group) is 1. The molecule has 0 N–H and O–H groups in total. The number of carbonyl (C=O) groups is 1. The van der Waals surface area contributed by atoms with E-state index in [1.165, 1.54) is 0 Å². The van der Waals surface area contributed by atoms with E-state index in [9.17, 15) is 4.79 Å². The van der Waals surface area contributed by atoms with Crippen LogP contribution in [0, 0.1) is 5.92 Å². The maximum Gasteiger partial charge on any atom is 0.223 e. The van der Waals surface area contributed by atoms with Crippen molar-refractivity contribution in [2.24, 2.45) is 5.92 Å². The van der Waals surface area contributed by atoms with E-state index in [0.29, 0.717) is 31.5 Å². The second kappa shape index (κ2) is 8.44. The van der Waals surface area contributed by atoms with E-state index in [1.807, 2.05) is 11.1 Å². The summed E-state index contributed by atoms with van der Waals surface area (Å²) < 4.78 is 0. The molecule has 144 valence electrons. The van der Waals surface area contributed by atoms with Gasteiger partial charge in [-0.25, -0.2) is 9.97 Å². The summed E-state index contributed by atoms with van der Waals surface area (Å²) in [5.74, 6) is 1.69. The van der Waals surface area contributed by atoms with Gasteiger partial charge >= 0.3 is 0 Å². The Morgan fingerprint density at radius 1 is 1.15 bits per heavy atom. The van der Waals surface area contributed by atoms with E-state index >= 15 is 0 Å². The van der Waals surface area contributed by atoms with Gasteiger partial charge in [0, 0.05) is 63.4 Å². The molecule has 0 aliphatic carbocycles. The van der Waals surface area contributed by atoms with Crippen molar-refractivity contribution in [3.8, 4) is 0 Å². The summed E-state index contributed by atoms with van der Waals surface area (Å²) in [7, 11) is 2.17. The third kappa shape index (κ3) is 4.80. The fourth-order valence-electron chi connectivity index (χ4n) is 3.77. The van der Waals surface area contributed by atoms with Gasteiger partial charge in [-0.05, 0) is 26.3 Å². The number of fused-ring (bicyclic) bond motifs is 1. The van der Waals surface area contributed by atoms with Crippen LogP contribution in [0.4, 0.5) is 0 Å². The average molecular weight is 360 g/mol. The van der Waals surface area contributed by atoms with Crippen LogP contribution in [0.25, 0.3) is 0 Å². The van der Waals surface area contributed by atoms with Crippen LogP contribution in [-0.2, 0) is 24.3 Å². The Morgan fingerprint density at radius 3 is 2.58 bits per heavy atom. The predicted molar refractivity (Wildman–Crippen MR) is 103 cm³/mol. The fraction of sp³-hybridized carbons (Fsp3) is 0.750. The van der Waals surface area contributed by atoms with Crippen LogP contribution in [0.2, 0.25) is 0 Å². The summed E-state index contributed by atoms with van der Waals surface area (Å²) in [4.78, 5) is 28.6. The monoisotopic (exact) mass is 359 g/mol. The molecule has 6 heteroatoms. The lowest BCUT2D eigenvalue weighted by atomic mass is 10.1. The largest absolute Gasteiger partial charge is 0.332 e. The minimum atomic E-state index is 0.245. The maximum absolute atomic E-state index is 12.7. The molecule has 1 aromatic rings. The van der Waals surface area contributed by atoms with Gasteiger partial charge in [-0.15, -0.1) is 0 Å². The van der Waals surface area contributed by atoms with Crippen molar-refractivity contribution in [3.05, 3.63) is 23.3 Å². The first-order valence-corrected chi connectivity index (χ1v) is 9.96. The second-order valence-corrected chi connectivity index (χ2v) is 8.33. The molecule has 26 heavy (non-hydrogen) atoms. The molecule has 6 nitrogen and oxygen atoms in total. The number of aromatic nitrogens is 2. The van der Waals surface area contributed by atoms with Gasteiger partial charge in [-0.1, -0.05) is 13.8 Å². The van der Waals surface area contributed by atoms with Crippen LogP contribution in [0.15, 0.2) is 6.20 Å². The minimum absolute atomic E-state index is 0.245. The molecule has 0 aromatic carbocycles. The van der Waals surface area contributed by atoms with Gasteiger partial charge in [0.05, 0.1) is 12.2 Å². The first-order valence-electron chi connectivity index (χ1n) is 9.96. The number of amides is 1. The lowest BCUT2D eigenvalue weighted by molar-refractivity contribution is -0.132. The van der Waals surface area contributed by atoms with E-state index in [1.54, 1.807) is 0 Å². The summed E-state index contributed by atoms with van der Waals surface area (Å²) in [5.41, 5.74) is 2.15. The zero-order valence-electron chi connectivity index (χ0n) is 16.7. The molecule has 1 amide bonds. The highest BCUT2D eigenvalue weighted by molar-refractivity contribution is 5.76. The lowest BCUT2D eigenvalue weighted by Crippen LogP contribution is -2.48. The highest BCUT2D eigenvalue weighted by atomic mass is 16.2. The van der Waals surface area contributed by atoms with Crippen LogP contribution >= 0.6 is 0 Å².